The molecular weight excluding hydrogens is 340 g/mol. The highest BCUT2D eigenvalue weighted by atomic mass is 16.2. The molecule has 1 aromatic heterocycles. The molecule has 1 atom stereocenters. The molecule has 1 aromatic carbocycles. The monoisotopic (exact) mass is 368 g/mol. The summed E-state index contributed by atoms with van der Waals surface area (Å²) in [6.07, 6.45) is 2.58. The fourth-order valence-electron chi connectivity index (χ4n) is 3.72. The topological polar surface area (TPSA) is 67.2 Å². The number of likely N-dealkylation sites (tertiary alicyclic amines) is 1. The normalized spacial score (nSPS) is 15.2. The Bertz CT molecular complexity index is 813. The van der Waals surface area contributed by atoms with E-state index in [0.717, 1.165) is 35.5 Å². The van der Waals surface area contributed by atoms with E-state index in [4.69, 9.17) is 0 Å². The molecule has 27 heavy (non-hydrogen) atoms. The van der Waals surface area contributed by atoms with Crippen LogP contribution in [0.2, 0.25) is 0 Å². The summed E-state index contributed by atoms with van der Waals surface area (Å²) in [7, 11) is 1.92. The van der Waals surface area contributed by atoms with Gasteiger partial charge in [0.2, 0.25) is 11.8 Å². The lowest BCUT2D eigenvalue weighted by Gasteiger charge is -2.25. The van der Waals surface area contributed by atoms with Crippen molar-refractivity contribution in [1.82, 2.24) is 20.0 Å². The molecule has 6 heteroatoms. The van der Waals surface area contributed by atoms with Gasteiger partial charge in [0, 0.05) is 38.7 Å². The number of carbonyl (C=O) groups excluding carboxylic acids is 2. The third-order valence-corrected chi connectivity index (χ3v) is 5.37. The Labute approximate surface area is 160 Å². The summed E-state index contributed by atoms with van der Waals surface area (Å²) in [5.41, 5.74) is 4.24. The average molecular weight is 368 g/mol. The molecule has 144 valence electrons. The number of hydrogen-bond donors (Lipinski definition) is 1. The van der Waals surface area contributed by atoms with Crippen LogP contribution < -0.4 is 5.32 Å². The van der Waals surface area contributed by atoms with E-state index < -0.39 is 0 Å². The van der Waals surface area contributed by atoms with Gasteiger partial charge in [0.1, 0.15) is 0 Å². The van der Waals surface area contributed by atoms with Crippen LogP contribution in [0, 0.1) is 13.8 Å². The van der Waals surface area contributed by atoms with Crippen molar-refractivity contribution in [2.45, 2.75) is 45.6 Å². The molecule has 1 aliphatic rings. The van der Waals surface area contributed by atoms with E-state index in [1.807, 2.05) is 60.8 Å². The second kappa shape index (κ2) is 8.37. The van der Waals surface area contributed by atoms with Gasteiger partial charge in [0.05, 0.1) is 11.7 Å². The zero-order valence-electron chi connectivity index (χ0n) is 16.4. The molecule has 0 saturated carbocycles. The van der Waals surface area contributed by atoms with Gasteiger partial charge in [-0.2, -0.15) is 5.10 Å². The molecule has 2 amide bonds. The Balaban J connectivity index is 1.66. The van der Waals surface area contributed by atoms with Gasteiger partial charge < -0.3 is 10.2 Å². The molecule has 6 nitrogen and oxygen atoms in total. The molecule has 0 radical (unpaired) electrons. The number of nitrogens with zero attached hydrogens (tertiary/aromatic N) is 3. The number of aromatic nitrogens is 2. The maximum Gasteiger partial charge on any atom is 0.222 e. The summed E-state index contributed by atoms with van der Waals surface area (Å²) >= 11 is 0. The van der Waals surface area contributed by atoms with Crippen molar-refractivity contribution >= 4 is 11.8 Å². The van der Waals surface area contributed by atoms with Crippen molar-refractivity contribution < 1.29 is 9.59 Å². The molecule has 0 bridgehead atoms. The number of hydrogen-bond acceptors (Lipinski definition) is 3. The van der Waals surface area contributed by atoms with E-state index in [0.29, 0.717) is 25.8 Å². The van der Waals surface area contributed by atoms with E-state index in [9.17, 15) is 9.59 Å². The zero-order valence-corrected chi connectivity index (χ0v) is 16.4. The average Bonchev–Trinajstić information content (AvgIpc) is 3.16. The minimum atomic E-state index is -0.183. The van der Waals surface area contributed by atoms with Crippen LogP contribution in [0.15, 0.2) is 30.3 Å². The summed E-state index contributed by atoms with van der Waals surface area (Å²) in [6.45, 7) is 5.30. The maximum atomic E-state index is 12.6. The Morgan fingerprint density at radius 2 is 2.00 bits per heavy atom. The van der Waals surface area contributed by atoms with Crippen LogP contribution in [-0.2, 0) is 23.1 Å². The minimum Gasteiger partial charge on any atom is -0.347 e. The Hall–Kier alpha value is -2.63. The smallest absolute Gasteiger partial charge is 0.222 e. The Kier molecular flexibility index (Phi) is 5.94. The van der Waals surface area contributed by atoms with E-state index >= 15 is 0 Å². The highest BCUT2D eigenvalue weighted by molar-refractivity contribution is 5.79. The standard InChI is InChI=1S/C21H28N4O2/c1-15-18(16(2)24(3)23-15)11-12-20(26)22-19(17-8-5-4-6-9-17)14-25-13-7-10-21(25)27/h4-6,8-9,19H,7,10-14H2,1-3H3,(H,22,26). The first-order valence-electron chi connectivity index (χ1n) is 9.57. The molecule has 0 aliphatic carbocycles. The third kappa shape index (κ3) is 4.56. The summed E-state index contributed by atoms with van der Waals surface area (Å²) in [5.74, 6) is 0.171. The number of rotatable bonds is 7. The molecule has 2 aromatic rings. The number of nitrogens with one attached hydrogen (secondary N) is 1. The van der Waals surface area contributed by atoms with Crippen LogP contribution in [0.5, 0.6) is 0 Å². The molecule has 1 saturated heterocycles. The lowest BCUT2D eigenvalue weighted by atomic mass is 10.0. The number of amides is 2. The third-order valence-electron chi connectivity index (χ3n) is 5.37. The van der Waals surface area contributed by atoms with Crippen LogP contribution in [0.25, 0.3) is 0 Å². The predicted octanol–water partition coefficient (Wildman–Crippen LogP) is 2.45. The Morgan fingerprint density at radius 1 is 1.26 bits per heavy atom. The van der Waals surface area contributed by atoms with Crippen molar-refractivity contribution in [1.29, 1.82) is 0 Å². The van der Waals surface area contributed by atoms with Crippen molar-refractivity contribution in [3.8, 4) is 0 Å². The van der Waals surface area contributed by atoms with Gasteiger partial charge in [-0.3, -0.25) is 14.3 Å². The minimum absolute atomic E-state index is 0.00171. The highest BCUT2D eigenvalue weighted by Gasteiger charge is 2.25. The molecule has 1 unspecified atom stereocenters. The van der Waals surface area contributed by atoms with Gasteiger partial charge in [-0.05, 0) is 37.8 Å². The molecule has 1 N–H and O–H groups in total. The maximum absolute atomic E-state index is 12.6. The van der Waals surface area contributed by atoms with Gasteiger partial charge in [-0.25, -0.2) is 0 Å². The number of benzene rings is 1. The molecule has 1 fully saturated rings. The van der Waals surface area contributed by atoms with Crippen LogP contribution >= 0.6 is 0 Å². The molecule has 1 aliphatic heterocycles. The fourth-order valence-corrected chi connectivity index (χ4v) is 3.72. The van der Waals surface area contributed by atoms with Crippen LogP contribution in [-0.4, -0.2) is 39.6 Å². The van der Waals surface area contributed by atoms with Gasteiger partial charge in [-0.1, -0.05) is 30.3 Å². The zero-order chi connectivity index (χ0) is 19.4. The Morgan fingerprint density at radius 3 is 2.59 bits per heavy atom. The van der Waals surface area contributed by atoms with E-state index in [1.54, 1.807) is 0 Å². The van der Waals surface area contributed by atoms with Crippen molar-refractivity contribution in [3.63, 3.8) is 0 Å². The van der Waals surface area contributed by atoms with Gasteiger partial charge in [0.25, 0.3) is 0 Å². The number of aryl methyl sites for hydroxylation is 2. The van der Waals surface area contributed by atoms with Crippen molar-refractivity contribution in [2.24, 2.45) is 7.05 Å². The second-order valence-electron chi connectivity index (χ2n) is 7.25. The summed E-state index contributed by atoms with van der Waals surface area (Å²) in [4.78, 5) is 26.5. The molecule has 0 spiro atoms. The van der Waals surface area contributed by atoms with Crippen LogP contribution in [0.4, 0.5) is 0 Å². The first-order chi connectivity index (χ1) is 13.0. The predicted molar refractivity (Wildman–Crippen MR) is 104 cm³/mol. The largest absolute Gasteiger partial charge is 0.347 e. The van der Waals surface area contributed by atoms with E-state index in [1.165, 1.54) is 0 Å². The first kappa shape index (κ1) is 19.1. The quantitative estimate of drug-likeness (QED) is 0.816. The van der Waals surface area contributed by atoms with Gasteiger partial charge in [-0.15, -0.1) is 0 Å². The molecule has 2 heterocycles. The molecular formula is C21H28N4O2. The highest BCUT2D eigenvalue weighted by Crippen LogP contribution is 2.19. The fraction of sp³-hybridized carbons (Fsp3) is 0.476. The summed E-state index contributed by atoms with van der Waals surface area (Å²) in [5, 5.41) is 7.55. The summed E-state index contributed by atoms with van der Waals surface area (Å²) < 4.78 is 1.86. The first-order valence-corrected chi connectivity index (χ1v) is 9.57. The SMILES string of the molecule is Cc1nn(C)c(C)c1CCC(=O)NC(CN1CCCC1=O)c1ccccc1. The number of carbonyl (C=O) groups is 2. The van der Waals surface area contributed by atoms with Gasteiger partial charge >= 0.3 is 0 Å². The second-order valence-corrected chi connectivity index (χ2v) is 7.25. The van der Waals surface area contributed by atoms with Crippen LogP contribution in [0.3, 0.4) is 0 Å². The lowest BCUT2D eigenvalue weighted by Crippen LogP contribution is -2.38. The van der Waals surface area contributed by atoms with Crippen molar-refractivity contribution in [2.75, 3.05) is 13.1 Å². The van der Waals surface area contributed by atoms with Crippen LogP contribution in [0.1, 0.15) is 47.8 Å². The van der Waals surface area contributed by atoms with E-state index in [-0.39, 0.29) is 17.9 Å². The van der Waals surface area contributed by atoms with E-state index in [2.05, 4.69) is 10.4 Å². The summed E-state index contributed by atoms with van der Waals surface area (Å²) in [6, 6.07) is 9.70. The van der Waals surface area contributed by atoms with Crippen molar-refractivity contribution in [3.05, 3.63) is 52.8 Å². The van der Waals surface area contributed by atoms with Gasteiger partial charge in [0.15, 0.2) is 0 Å². The lowest BCUT2D eigenvalue weighted by molar-refractivity contribution is -0.129. The molecule has 3 rings (SSSR count).